The van der Waals surface area contributed by atoms with Gasteiger partial charge in [0.05, 0.1) is 22.2 Å². The normalized spacial score (nSPS) is 11.3. The standard InChI is InChI=1S/C24H23FN4O4/c1-28(2)9-10-33-23-15(5-4-8-26-23)14-6-7-21(30)17(11-14)22-27-19-12-16(24(31)32)18(25)13-20(19)29(22)3/h4-8,11-13,30H,9-10H2,1-3H3,(H,31,32). The van der Waals surface area contributed by atoms with Crippen LogP contribution in [0.3, 0.4) is 0 Å². The molecule has 0 aliphatic heterocycles. The molecule has 0 aliphatic rings. The predicted octanol–water partition coefficient (Wildman–Crippen LogP) is 3.79. The van der Waals surface area contributed by atoms with Crippen molar-refractivity contribution in [2.45, 2.75) is 0 Å². The third-order valence-corrected chi connectivity index (χ3v) is 5.30. The zero-order valence-corrected chi connectivity index (χ0v) is 18.4. The molecule has 2 aromatic heterocycles. The van der Waals surface area contributed by atoms with Crippen molar-refractivity contribution in [3.05, 3.63) is 60.0 Å². The molecule has 0 spiro atoms. The predicted molar refractivity (Wildman–Crippen MR) is 122 cm³/mol. The maximum atomic E-state index is 14.2. The monoisotopic (exact) mass is 450 g/mol. The van der Waals surface area contributed by atoms with E-state index in [1.54, 1.807) is 42.1 Å². The molecule has 0 saturated heterocycles. The zero-order valence-electron chi connectivity index (χ0n) is 18.4. The average Bonchev–Trinajstić information content (AvgIpc) is 3.09. The van der Waals surface area contributed by atoms with Gasteiger partial charge < -0.3 is 24.4 Å². The Hall–Kier alpha value is -3.98. The third kappa shape index (κ3) is 4.35. The number of fused-ring (bicyclic) bond motifs is 1. The lowest BCUT2D eigenvalue weighted by molar-refractivity contribution is 0.0692. The molecule has 0 amide bonds. The molecule has 2 aromatic carbocycles. The fourth-order valence-corrected chi connectivity index (χ4v) is 3.55. The third-order valence-electron chi connectivity index (χ3n) is 5.30. The Balaban J connectivity index is 1.79. The van der Waals surface area contributed by atoms with Gasteiger partial charge in [0.15, 0.2) is 0 Å². The first-order chi connectivity index (χ1) is 15.8. The number of aryl methyl sites for hydroxylation is 1. The quantitative estimate of drug-likeness (QED) is 0.442. The van der Waals surface area contributed by atoms with Crippen molar-refractivity contribution < 1.29 is 24.1 Å². The number of likely N-dealkylation sites (N-methyl/N-ethyl adjacent to an activating group) is 1. The number of pyridine rings is 1. The number of aromatic hydroxyl groups is 1. The summed E-state index contributed by atoms with van der Waals surface area (Å²) in [5, 5.41) is 19.8. The number of halogens is 1. The van der Waals surface area contributed by atoms with E-state index in [4.69, 9.17) is 4.74 Å². The molecule has 2 N–H and O–H groups in total. The second kappa shape index (κ2) is 8.87. The van der Waals surface area contributed by atoms with Crippen molar-refractivity contribution in [2.24, 2.45) is 7.05 Å². The fraction of sp³-hybridized carbons (Fsp3) is 0.208. The number of benzene rings is 2. The number of ether oxygens (including phenoxy) is 1. The van der Waals surface area contributed by atoms with E-state index in [0.29, 0.717) is 34.9 Å². The summed E-state index contributed by atoms with van der Waals surface area (Å²) in [6, 6.07) is 11.0. The second-order valence-corrected chi connectivity index (χ2v) is 7.86. The second-order valence-electron chi connectivity index (χ2n) is 7.86. The van der Waals surface area contributed by atoms with Crippen LogP contribution in [0.4, 0.5) is 4.39 Å². The van der Waals surface area contributed by atoms with E-state index in [-0.39, 0.29) is 5.75 Å². The number of aromatic nitrogens is 3. The van der Waals surface area contributed by atoms with Crippen molar-refractivity contribution in [1.82, 2.24) is 19.4 Å². The summed E-state index contributed by atoms with van der Waals surface area (Å²) in [6.45, 7) is 1.19. The number of hydrogen-bond donors (Lipinski definition) is 2. The highest BCUT2D eigenvalue weighted by molar-refractivity contribution is 5.94. The lowest BCUT2D eigenvalue weighted by Gasteiger charge is -2.14. The molecule has 0 radical (unpaired) electrons. The van der Waals surface area contributed by atoms with Crippen molar-refractivity contribution in [2.75, 3.05) is 27.2 Å². The molecular weight excluding hydrogens is 427 g/mol. The summed E-state index contributed by atoms with van der Waals surface area (Å²) in [4.78, 5) is 22.1. The number of carboxylic acids is 1. The first-order valence-electron chi connectivity index (χ1n) is 10.2. The highest BCUT2D eigenvalue weighted by atomic mass is 19.1. The fourth-order valence-electron chi connectivity index (χ4n) is 3.55. The van der Waals surface area contributed by atoms with Crippen LogP contribution in [0.1, 0.15) is 10.4 Å². The van der Waals surface area contributed by atoms with Crippen molar-refractivity contribution in [1.29, 1.82) is 0 Å². The largest absolute Gasteiger partial charge is 0.507 e. The Kier molecular flexibility index (Phi) is 5.97. The first kappa shape index (κ1) is 22.2. The van der Waals surface area contributed by atoms with Crippen LogP contribution >= 0.6 is 0 Å². The number of carboxylic acid groups (broad SMARTS) is 1. The number of phenols is 1. The molecule has 4 rings (SSSR count). The van der Waals surface area contributed by atoms with Crippen LogP contribution in [0.2, 0.25) is 0 Å². The molecule has 8 nitrogen and oxygen atoms in total. The molecule has 0 saturated carbocycles. The molecule has 0 bridgehead atoms. The Bertz CT molecular complexity index is 1350. The number of aromatic carboxylic acids is 1. The van der Waals surface area contributed by atoms with Gasteiger partial charge in [-0.05, 0) is 50.0 Å². The average molecular weight is 450 g/mol. The minimum atomic E-state index is -1.37. The van der Waals surface area contributed by atoms with Crippen LogP contribution in [0.5, 0.6) is 11.6 Å². The van der Waals surface area contributed by atoms with E-state index in [1.165, 1.54) is 6.07 Å². The molecule has 0 fully saturated rings. The topological polar surface area (TPSA) is 101 Å². The number of imidazole rings is 1. The summed E-state index contributed by atoms with van der Waals surface area (Å²) >= 11 is 0. The zero-order chi connectivity index (χ0) is 23.7. The minimum Gasteiger partial charge on any atom is -0.507 e. The first-order valence-corrected chi connectivity index (χ1v) is 10.2. The molecule has 0 atom stereocenters. The summed E-state index contributed by atoms with van der Waals surface area (Å²) in [5.41, 5.74) is 2.17. The van der Waals surface area contributed by atoms with Gasteiger partial charge in [0, 0.05) is 31.4 Å². The molecule has 2 heterocycles. The lowest BCUT2D eigenvalue weighted by atomic mass is 10.0. The molecule has 33 heavy (non-hydrogen) atoms. The molecule has 0 unspecified atom stereocenters. The van der Waals surface area contributed by atoms with E-state index in [1.807, 2.05) is 25.1 Å². The number of hydrogen-bond acceptors (Lipinski definition) is 6. The van der Waals surface area contributed by atoms with E-state index < -0.39 is 17.3 Å². The minimum absolute atomic E-state index is 0.0185. The lowest BCUT2D eigenvalue weighted by Crippen LogP contribution is -2.19. The Morgan fingerprint density at radius 1 is 1.18 bits per heavy atom. The highest BCUT2D eigenvalue weighted by Crippen LogP contribution is 2.37. The van der Waals surface area contributed by atoms with E-state index in [0.717, 1.165) is 23.7 Å². The summed E-state index contributed by atoms with van der Waals surface area (Å²) in [5.74, 6) is -1.41. The summed E-state index contributed by atoms with van der Waals surface area (Å²) in [6.07, 6.45) is 1.65. The van der Waals surface area contributed by atoms with Crippen molar-refractivity contribution in [3.8, 4) is 34.1 Å². The smallest absolute Gasteiger partial charge is 0.338 e. The Morgan fingerprint density at radius 2 is 1.97 bits per heavy atom. The van der Waals surface area contributed by atoms with Gasteiger partial charge >= 0.3 is 5.97 Å². The molecular formula is C24H23FN4O4. The van der Waals surface area contributed by atoms with Gasteiger partial charge in [0.25, 0.3) is 0 Å². The van der Waals surface area contributed by atoms with Gasteiger partial charge in [-0.3, -0.25) is 0 Å². The maximum absolute atomic E-state index is 14.2. The van der Waals surface area contributed by atoms with E-state index in [2.05, 4.69) is 9.97 Å². The van der Waals surface area contributed by atoms with Gasteiger partial charge in [-0.2, -0.15) is 0 Å². The Labute approximate surface area is 189 Å². The van der Waals surface area contributed by atoms with Crippen LogP contribution in [-0.2, 0) is 7.05 Å². The number of nitrogens with zero attached hydrogens (tertiary/aromatic N) is 4. The summed E-state index contributed by atoms with van der Waals surface area (Å²) in [7, 11) is 5.59. The van der Waals surface area contributed by atoms with Crippen LogP contribution in [0, 0.1) is 5.82 Å². The van der Waals surface area contributed by atoms with Crippen molar-refractivity contribution >= 4 is 17.0 Å². The molecule has 170 valence electrons. The van der Waals surface area contributed by atoms with Crippen molar-refractivity contribution in [3.63, 3.8) is 0 Å². The van der Waals surface area contributed by atoms with E-state index >= 15 is 0 Å². The van der Waals surface area contributed by atoms with E-state index in [9.17, 15) is 19.4 Å². The Morgan fingerprint density at radius 3 is 2.70 bits per heavy atom. The number of carbonyl (C=O) groups is 1. The van der Waals surface area contributed by atoms with Gasteiger partial charge in [0.2, 0.25) is 5.88 Å². The van der Waals surface area contributed by atoms with Gasteiger partial charge in [0.1, 0.15) is 24.0 Å². The number of rotatable bonds is 7. The van der Waals surface area contributed by atoms with Crippen LogP contribution < -0.4 is 4.74 Å². The van der Waals surface area contributed by atoms with Gasteiger partial charge in [-0.15, -0.1) is 0 Å². The SMILES string of the molecule is CN(C)CCOc1ncccc1-c1ccc(O)c(-c2nc3cc(C(=O)O)c(F)cc3n2C)c1. The number of phenolic OH excluding ortho intramolecular Hbond substituents is 1. The molecule has 4 aromatic rings. The van der Waals surface area contributed by atoms with Crippen LogP contribution in [-0.4, -0.2) is 62.9 Å². The van der Waals surface area contributed by atoms with Gasteiger partial charge in [-0.1, -0.05) is 6.07 Å². The van der Waals surface area contributed by atoms with Crippen LogP contribution in [0.25, 0.3) is 33.5 Å². The highest BCUT2D eigenvalue weighted by Gasteiger charge is 2.19. The van der Waals surface area contributed by atoms with Crippen LogP contribution in [0.15, 0.2) is 48.7 Å². The van der Waals surface area contributed by atoms with Gasteiger partial charge in [-0.25, -0.2) is 19.2 Å². The maximum Gasteiger partial charge on any atom is 0.338 e. The molecule has 0 aliphatic carbocycles. The summed E-state index contributed by atoms with van der Waals surface area (Å²) < 4.78 is 21.7. The molecule has 9 heteroatoms.